The molecule has 1 aliphatic rings. The van der Waals surface area contributed by atoms with Crippen LogP contribution in [0.2, 0.25) is 5.02 Å². The maximum atomic E-state index is 13.3. The van der Waals surface area contributed by atoms with Crippen molar-refractivity contribution >= 4 is 34.0 Å². The number of carbonyl (C=O) groups excluding carboxylic acids is 1. The molecule has 32 heavy (non-hydrogen) atoms. The summed E-state index contributed by atoms with van der Waals surface area (Å²) < 4.78 is 1.21. The number of pyridine rings is 1. The van der Waals surface area contributed by atoms with Gasteiger partial charge in [-0.05, 0) is 36.2 Å². The van der Waals surface area contributed by atoms with Crippen LogP contribution in [0.3, 0.4) is 0 Å². The molecule has 3 aromatic rings. The predicted octanol–water partition coefficient (Wildman–Crippen LogP) is 3.92. The summed E-state index contributed by atoms with van der Waals surface area (Å²) in [7, 11) is 1.56. The van der Waals surface area contributed by atoms with Crippen molar-refractivity contribution in [1.29, 1.82) is 0 Å². The number of amides is 1. The molecule has 0 aliphatic carbocycles. The van der Waals surface area contributed by atoms with Gasteiger partial charge >= 0.3 is 0 Å². The Labute approximate surface area is 193 Å². The van der Waals surface area contributed by atoms with Gasteiger partial charge < -0.3 is 9.80 Å². The molecule has 1 aromatic carbocycles. The van der Waals surface area contributed by atoms with E-state index in [0.717, 1.165) is 31.6 Å². The lowest BCUT2D eigenvalue weighted by molar-refractivity contribution is 0.0740. The van der Waals surface area contributed by atoms with Gasteiger partial charge in [-0.15, -0.1) is 0 Å². The van der Waals surface area contributed by atoms with Crippen molar-refractivity contribution in [1.82, 2.24) is 19.7 Å². The molecule has 1 fully saturated rings. The lowest BCUT2D eigenvalue weighted by Crippen LogP contribution is -2.49. The fourth-order valence-electron chi connectivity index (χ4n) is 3.96. The predicted molar refractivity (Wildman–Crippen MR) is 130 cm³/mol. The monoisotopic (exact) mass is 455 g/mol. The smallest absolute Gasteiger partial charge is 0.275 e. The molecule has 8 heteroatoms. The van der Waals surface area contributed by atoms with Crippen LogP contribution in [-0.2, 0) is 13.5 Å². The Morgan fingerprint density at radius 2 is 1.81 bits per heavy atom. The van der Waals surface area contributed by atoms with Crippen LogP contribution in [0, 0.1) is 0 Å². The maximum absolute atomic E-state index is 13.3. The summed E-state index contributed by atoms with van der Waals surface area (Å²) in [6, 6.07) is 7.01. The summed E-state index contributed by atoms with van der Waals surface area (Å²) in [5.74, 6) is -0.183. The molecular weight excluding hydrogens is 426 g/mol. The van der Waals surface area contributed by atoms with Gasteiger partial charge in [-0.3, -0.25) is 14.6 Å². The van der Waals surface area contributed by atoms with Crippen molar-refractivity contribution < 1.29 is 4.79 Å². The molecule has 1 aliphatic heterocycles. The largest absolute Gasteiger partial charge is 0.367 e. The third kappa shape index (κ3) is 4.78. The molecule has 0 N–H and O–H groups in total. The Morgan fingerprint density at radius 1 is 1.09 bits per heavy atom. The second-order valence-corrected chi connectivity index (χ2v) is 7.94. The van der Waals surface area contributed by atoms with Crippen molar-refractivity contribution in [3.63, 3.8) is 0 Å². The number of hydrogen-bond donors (Lipinski definition) is 0. The second-order valence-electron chi connectivity index (χ2n) is 7.50. The van der Waals surface area contributed by atoms with Gasteiger partial charge in [-0.1, -0.05) is 38.8 Å². The van der Waals surface area contributed by atoms with Crippen LogP contribution in [-0.4, -0.2) is 51.8 Å². The van der Waals surface area contributed by atoms with E-state index in [0.29, 0.717) is 28.9 Å². The van der Waals surface area contributed by atoms with Crippen molar-refractivity contribution in [3.05, 3.63) is 63.3 Å². The molecule has 0 spiro atoms. The summed E-state index contributed by atoms with van der Waals surface area (Å²) in [5.41, 5.74) is 2.44. The number of aryl methyl sites for hydroxylation is 2. The SMILES string of the molecule is CC.CCCc1ccncc1N1CCN(C(=O)c2nn(C)c(=O)c3ccc(Cl)cc23)CC1. The van der Waals surface area contributed by atoms with Gasteiger partial charge in [0.2, 0.25) is 0 Å². The minimum absolute atomic E-state index is 0.183. The number of nitrogens with zero attached hydrogens (tertiary/aromatic N) is 5. The molecule has 170 valence electrons. The zero-order valence-corrected chi connectivity index (χ0v) is 19.9. The zero-order valence-electron chi connectivity index (χ0n) is 19.1. The third-order valence-electron chi connectivity index (χ3n) is 5.53. The fourth-order valence-corrected chi connectivity index (χ4v) is 4.13. The topological polar surface area (TPSA) is 71.3 Å². The van der Waals surface area contributed by atoms with E-state index in [2.05, 4.69) is 28.0 Å². The Kier molecular flexibility index (Phi) is 7.85. The fraction of sp³-hybridized carbons (Fsp3) is 0.417. The summed E-state index contributed by atoms with van der Waals surface area (Å²) >= 11 is 6.13. The molecular formula is C24H30ClN5O2. The second kappa shape index (κ2) is 10.6. The molecule has 2 aromatic heterocycles. The Morgan fingerprint density at radius 3 is 2.50 bits per heavy atom. The van der Waals surface area contributed by atoms with Gasteiger partial charge in [0.15, 0.2) is 5.69 Å². The minimum Gasteiger partial charge on any atom is -0.367 e. The highest BCUT2D eigenvalue weighted by Crippen LogP contribution is 2.24. The quantitative estimate of drug-likeness (QED) is 0.596. The first-order valence-electron chi connectivity index (χ1n) is 11.1. The van der Waals surface area contributed by atoms with E-state index in [9.17, 15) is 9.59 Å². The number of fused-ring (bicyclic) bond motifs is 1. The highest BCUT2D eigenvalue weighted by atomic mass is 35.5. The van der Waals surface area contributed by atoms with Crippen molar-refractivity contribution in [2.75, 3.05) is 31.1 Å². The van der Waals surface area contributed by atoms with Crippen LogP contribution >= 0.6 is 11.6 Å². The highest BCUT2D eigenvalue weighted by molar-refractivity contribution is 6.31. The maximum Gasteiger partial charge on any atom is 0.275 e. The van der Waals surface area contributed by atoms with Crippen LogP contribution in [0.5, 0.6) is 0 Å². The average Bonchev–Trinajstić information content (AvgIpc) is 2.83. The highest BCUT2D eigenvalue weighted by Gasteiger charge is 2.26. The van der Waals surface area contributed by atoms with Crippen LogP contribution < -0.4 is 10.5 Å². The molecule has 0 atom stereocenters. The average molecular weight is 456 g/mol. The standard InChI is InChI=1S/C22H24ClN5O2.C2H6/c1-3-4-15-7-8-24-14-19(15)27-9-11-28(12-10-27)22(30)20-18-13-16(23)5-6-17(18)21(29)26(2)25-20;1-2/h5-8,13-14H,3-4,9-12H2,1-2H3;1-2H3. The molecule has 1 saturated heterocycles. The van der Waals surface area contributed by atoms with E-state index < -0.39 is 0 Å². The number of piperazine rings is 1. The first-order valence-corrected chi connectivity index (χ1v) is 11.5. The minimum atomic E-state index is -0.247. The van der Waals surface area contributed by atoms with Gasteiger partial charge in [0, 0.05) is 49.8 Å². The molecule has 0 bridgehead atoms. The third-order valence-corrected chi connectivity index (χ3v) is 5.76. The number of benzene rings is 1. The van der Waals surface area contributed by atoms with E-state index in [-0.39, 0.29) is 17.2 Å². The molecule has 0 unspecified atom stereocenters. The van der Waals surface area contributed by atoms with Gasteiger partial charge in [0.05, 0.1) is 17.3 Å². The molecule has 7 nitrogen and oxygen atoms in total. The van der Waals surface area contributed by atoms with Gasteiger partial charge in [-0.25, -0.2) is 4.68 Å². The zero-order chi connectivity index (χ0) is 23.3. The lowest BCUT2D eigenvalue weighted by Gasteiger charge is -2.36. The Balaban J connectivity index is 0.00000141. The normalized spacial score (nSPS) is 13.7. The van der Waals surface area contributed by atoms with E-state index in [1.165, 1.54) is 10.2 Å². The van der Waals surface area contributed by atoms with Gasteiger partial charge in [-0.2, -0.15) is 5.10 Å². The molecule has 1 amide bonds. The number of halogens is 1. The summed E-state index contributed by atoms with van der Waals surface area (Å²) in [6.07, 6.45) is 5.82. The molecule has 0 radical (unpaired) electrons. The Bertz CT molecular complexity index is 1150. The molecule has 3 heterocycles. The van der Waals surface area contributed by atoms with Crippen molar-refractivity contribution in [2.24, 2.45) is 7.05 Å². The number of anilines is 1. The van der Waals surface area contributed by atoms with Crippen LogP contribution in [0.25, 0.3) is 10.8 Å². The van der Waals surface area contributed by atoms with E-state index in [1.807, 2.05) is 26.2 Å². The van der Waals surface area contributed by atoms with Crippen molar-refractivity contribution in [3.8, 4) is 0 Å². The summed E-state index contributed by atoms with van der Waals surface area (Å²) in [4.78, 5) is 34.0. The van der Waals surface area contributed by atoms with Gasteiger partial charge in [0.25, 0.3) is 11.5 Å². The lowest BCUT2D eigenvalue weighted by atomic mass is 10.1. The number of aromatic nitrogens is 3. The van der Waals surface area contributed by atoms with E-state index in [1.54, 1.807) is 30.1 Å². The molecule has 0 saturated carbocycles. The van der Waals surface area contributed by atoms with Crippen molar-refractivity contribution in [2.45, 2.75) is 33.6 Å². The van der Waals surface area contributed by atoms with Crippen LogP contribution in [0.4, 0.5) is 5.69 Å². The number of carbonyl (C=O) groups is 1. The number of rotatable bonds is 4. The first kappa shape index (κ1) is 23.7. The van der Waals surface area contributed by atoms with Crippen LogP contribution in [0.15, 0.2) is 41.5 Å². The number of hydrogen-bond acceptors (Lipinski definition) is 5. The van der Waals surface area contributed by atoms with Gasteiger partial charge in [0.1, 0.15) is 0 Å². The van der Waals surface area contributed by atoms with E-state index in [4.69, 9.17) is 11.6 Å². The Hall–Kier alpha value is -2.93. The molecule has 4 rings (SSSR count). The van der Waals surface area contributed by atoms with Crippen LogP contribution in [0.1, 0.15) is 43.2 Å². The summed E-state index contributed by atoms with van der Waals surface area (Å²) in [5, 5.41) is 5.67. The summed E-state index contributed by atoms with van der Waals surface area (Å²) in [6.45, 7) is 8.76. The first-order chi connectivity index (χ1) is 15.5. The van der Waals surface area contributed by atoms with E-state index >= 15 is 0 Å².